The van der Waals surface area contributed by atoms with Crippen LogP contribution in [0, 0.1) is 23.7 Å². The minimum absolute atomic E-state index is 0. The molecule has 0 amide bonds. The molecule has 1 saturated carbocycles. The van der Waals surface area contributed by atoms with E-state index >= 15 is 0 Å². The van der Waals surface area contributed by atoms with Crippen LogP contribution in [-0.4, -0.2) is 71.7 Å². The number of aliphatic hydroxyl groups is 2. The molecule has 4 aliphatic carbocycles. The van der Waals surface area contributed by atoms with E-state index < -0.39 is 11.9 Å². The molecule has 491 valence electrons. The number of hydrogen-bond donors (Lipinski definition) is 5. The molecule has 19 heteroatoms. The summed E-state index contributed by atoms with van der Waals surface area (Å²) in [5, 5.41) is 29.2. The molecule has 5 N–H and O–H groups in total. The molecule has 4 aliphatic rings. The van der Waals surface area contributed by atoms with Gasteiger partial charge < -0.3 is 41.9 Å². The first-order chi connectivity index (χ1) is 40.3. The zero-order valence-electron chi connectivity index (χ0n) is 56.6. The van der Waals surface area contributed by atoms with Crippen molar-refractivity contribution in [2.45, 2.75) is 183 Å². The summed E-state index contributed by atoms with van der Waals surface area (Å²) >= 11 is 0. The van der Waals surface area contributed by atoms with E-state index in [1.54, 1.807) is 43.3 Å². The van der Waals surface area contributed by atoms with E-state index in [1.807, 2.05) is 103 Å². The molecule has 90 heavy (non-hydrogen) atoms. The number of hydrogen-bond acceptors (Lipinski definition) is 14. The zero-order chi connectivity index (χ0) is 63.5. The maximum Gasteiger partial charge on any atom is 1.00 e. The molecule has 0 bridgehead atoms. The van der Waals surface area contributed by atoms with Crippen molar-refractivity contribution in [1.82, 2.24) is 16.0 Å². The Hall–Kier alpha value is -5.44. The molecule has 9 atom stereocenters. The predicted octanol–water partition coefficient (Wildman–Crippen LogP) is 10.8. The van der Waals surface area contributed by atoms with Gasteiger partial charge in [0.1, 0.15) is 23.0 Å². The summed E-state index contributed by atoms with van der Waals surface area (Å²) in [6.07, 6.45) is 13.4. The normalized spacial score (nSPS) is 19.0. The van der Waals surface area contributed by atoms with Gasteiger partial charge in [-0.1, -0.05) is 163 Å². The molecule has 0 spiro atoms. The van der Waals surface area contributed by atoms with Crippen LogP contribution in [0.5, 0.6) is 0 Å². The maximum atomic E-state index is 11.6. The Morgan fingerprint density at radius 2 is 0.967 bits per heavy atom. The van der Waals surface area contributed by atoms with E-state index in [2.05, 4.69) is 103 Å². The van der Waals surface area contributed by atoms with E-state index in [-0.39, 0.29) is 164 Å². The fourth-order valence-electron chi connectivity index (χ4n) is 8.55. The molecule has 4 aromatic carbocycles. The first-order valence-electron chi connectivity index (χ1n) is 29.8. The number of carbonyl (C=O) groups excluding carboxylic acids is 7. The van der Waals surface area contributed by atoms with Crippen molar-refractivity contribution in [3.05, 3.63) is 192 Å². The number of nitrogens with one attached hydrogen (secondary N) is 3. The molecule has 0 heterocycles. The quantitative estimate of drug-likeness (QED) is 0.0198. The average molecular weight is 1310 g/mol. The smallest absolute Gasteiger partial charge is 1.00 e. The van der Waals surface area contributed by atoms with Gasteiger partial charge in [-0.3, -0.25) is 24.0 Å². The van der Waals surface area contributed by atoms with Crippen LogP contribution in [0.1, 0.15) is 195 Å². The Bertz CT molecular complexity index is 2710. The van der Waals surface area contributed by atoms with Crippen molar-refractivity contribution in [1.29, 1.82) is 0 Å². The Labute approximate surface area is 584 Å². The van der Waals surface area contributed by atoms with E-state index in [0.29, 0.717) is 30.4 Å². The fraction of sp³-hybridized carbons (Fsp3) is 0.451. The Balaban J connectivity index is -0.000000321. The van der Waals surface area contributed by atoms with Gasteiger partial charge in [-0.25, -0.2) is 4.79 Å². The minimum Gasteiger partial charge on any atom is -1.00 e. The molecule has 3 radical (unpaired) electrons. The van der Waals surface area contributed by atoms with Crippen molar-refractivity contribution in [3.8, 4) is 0 Å². The van der Waals surface area contributed by atoms with Crippen molar-refractivity contribution in [2.75, 3.05) is 0 Å². The Kier molecular flexibility index (Phi) is 50.7. The number of ether oxygens (including phenoxy) is 2. The van der Waals surface area contributed by atoms with Gasteiger partial charge in [0.15, 0.2) is 11.6 Å². The van der Waals surface area contributed by atoms with Crippen molar-refractivity contribution in [2.24, 2.45) is 23.7 Å². The SMILES string of the molecule is C=CC(=O)OC(C)(C)C.CC1CCC(=O)CC1=O.CC1CCC(N[C@@H](C)c2ccccc2)=CC1=O.CCC(C)=O.C[C@@H]1CCC(N[C@@H](C)c2ccccc2)=CC1=O.C[C@H](NC1=CC(O)[C@H](C)CC1)c1ccccc1.O=COC(O)c1ccccc1.S.S.S.[B].[H-].[Na+]. The second kappa shape index (κ2) is 50.2. The van der Waals surface area contributed by atoms with Crippen LogP contribution in [0.2, 0.25) is 0 Å². The summed E-state index contributed by atoms with van der Waals surface area (Å²) in [7, 11) is 0. The number of esters is 1. The first-order valence-corrected chi connectivity index (χ1v) is 29.8. The van der Waals surface area contributed by atoms with Gasteiger partial charge in [-0.2, -0.15) is 40.5 Å². The van der Waals surface area contributed by atoms with Crippen LogP contribution in [-0.2, 0) is 43.0 Å². The third kappa shape index (κ3) is 39.1. The first kappa shape index (κ1) is 91.0. The summed E-state index contributed by atoms with van der Waals surface area (Å²) in [5.74, 6) is 1.49. The van der Waals surface area contributed by atoms with Crippen molar-refractivity contribution >= 4 is 90.3 Å². The summed E-state index contributed by atoms with van der Waals surface area (Å²) in [6, 6.07) is 40.5. The number of benzene rings is 4. The van der Waals surface area contributed by atoms with Crippen LogP contribution >= 0.6 is 40.5 Å². The topological polar surface area (TPSA) is 214 Å². The van der Waals surface area contributed by atoms with E-state index in [1.165, 1.54) is 22.4 Å². The standard InChI is InChI=1S/C15H21NO.2C15H19NO.C8H8O3.C7H10O2.C7H12O2.C4H8O.B.Na.3H2S.H/c3*1-11-8-9-14(10-15(11)17)16-12(2)13-6-4-3-5-7-13;9-6-11-8(10)7-4-2-1-3-5-7;1-5-2-3-6(8)4-7(5)9;1-5-6(8)9-7(2,3)4;1-3-4(2)5;;;;;;/h3-7,10-12,15-17H,8-9H2,1-2H3;2*3-7,10-12,16H,8-9H2,1-2H3;1-6,8,10H;5H,2-4H2,1H3;5H,1H2,2-4H3;3H2,1-2H3;;;3*1H2;/q;;;;;;;;+1;;;;-1/t11-,12+,15?;11?,12-;11-,12+;;;;;;;;;;/m101........../s1. The number of carbonyl (C=O) groups is 7. The van der Waals surface area contributed by atoms with Crippen molar-refractivity contribution in [3.63, 3.8) is 0 Å². The van der Waals surface area contributed by atoms with Gasteiger partial charge in [0.05, 0.1) is 12.5 Å². The predicted molar refractivity (Wildman–Crippen MR) is 376 cm³/mol. The number of rotatable bonds is 14. The summed E-state index contributed by atoms with van der Waals surface area (Å²) in [5.41, 5.74) is 7.27. The second-order valence-corrected chi connectivity index (χ2v) is 23.0. The van der Waals surface area contributed by atoms with Crippen LogP contribution in [0.3, 0.4) is 0 Å². The Morgan fingerprint density at radius 1 is 0.622 bits per heavy atom. The maximum absolute atomic E-state index is 11.6. The Morgan fingerprint density at radius 3 is 1.26 bits per heavy atom. The molecular weight excluding hydrogens is 1200 g/mol. The van der Waals surface area contributed by atoms with Crippen LogP contribution < -0.4 is 45.5 Å². The second-order valence-electron chi connectivity index (χ2n) is 23.0. The van der Waals surface area contributed by atoms with E-state index in [9.17, 15) is 38.7 Å². The van der Waals surface area contributed by atoms with Gasteiger partial charge in [0.25, 0.3) is 6.47 Å². The summed E-state index contributed by atoms with van der Waals surface area (Å²) in [4.78, 5) is 74.7. The largest absolute Gasteiger partial charge is 1.00 e. The zero-order valence-corrected chi connectivity index (χ0v) is 60.6. The number of allylic oxidation sites excluding steroid dienone is 5. The minimum atomic E-state index is -1.14. The number of aliphatic hydroxyl groups excluding tert-OH is 2. The molecule has 1 fully saturated rings. The monoisotopic (exact) mass is 1300 g/mol. The van der Waals surface area contributed by atoms with Crippen LogP contribution in [0.25, 0.3) is 0 Å². The van der Waals surface area contributed by atoms with Gasteiger partial charge in [0, 0.05) is 98.0 Å². The van der Waals surface area contributed by atoms with E-state index in [0.717, 1.165) is 62.4 Å². The molecular formula is C71H104BN3NaO11S3. The van der Waals surface area contributed by atoms with Gasteiger partial charge in [0.2, 0.25) is 6.29 Å². The molecule has 4 aromatic rings. The van der Waals surface area contributed by atoms with Gasteiger partial charge >= 0.3 is 35.5 Å². The van der Waals surface area contributed by atoms with Crippen LogP contribution in [0.15, 0.2) is 169 Å². The van der Waals surface area contributed by atoms with Crippen molar-refractivity contribution < 1.29 is 84.2 Å². The van der Waals surface area contributed by atoms with Gasteiger partial charge in [-0.05, 0) is 122 Å². The number of Topliss-reactive ketones (excluding diaryl/α,β-unsaturated/α-hetero) is 3. The third-order valence-corrected chi connectivity index (χ3v) is 14.3. The average Bonchev–Trinajstić information content (AvgIpc) is 3.66. The summed E-state index contributed by atoms with van der Waals surface area (Å²) < 4.78 is 9.13. The fourth-order valence-corrected chi connectivity index (χ4v) is 8.55. The molecule has 14 nitrogen and oxygen atoms in total. The van der Waals surface area contributed by atoms with Crippen LogP contribution in [0.4, 0.5) is 0 Å². The molecule has 4 unspecified atom stereocenters. The third-order valence-electron chi connectivity index (χ3n) is 14.3. The summed E-state index contributed by atoms with van der Waals surface area (Å²) in [6.45, 7) is 26.7. The van der Waals surface area contributed by atoms with Gasteiger partial charge in [-0.15, -0.1) is 0 Å². The van der Waals surface area contributed by atoms with E-state index in [4.69, 9.17) is 9.84 Å². The number of ketones is 5. The molecule has 0 saturated heterocycles. The molecule has 0 aromatic heterocycles. The molecule has 0 aliphatic heterocycles. The molecule has 8 rings (SSSR count).